The molecule has 2 aromatic carbocycles. The lowest BCUT2D eigenvalue weighted by Crippen LogP contribution is -2.51. The molecule has 2 atom stereocenters. The van der Waals surface area contributed by atoms with Gasteiger partial charge in [-0.3, -0.25) is 14.5 Å². The molecule has 4 rings (SSSR count). The van der Waals surface area contributed by atoms with Gasteiger partial charge in [-0.05, 0) is 25.1 Å². The smallest absolute Gasteiger partial charge is 0.321 e. The number of carbonyl (C=O) groups is 2. The summed E-state index contributed by atoms with van der Waals surface area (Å²) in [6, 6.07) is 10.1. The van der Waals surface area contributed by atoms with Crippen LogP contribution in [0.3, 0.4) is 0 Å². The molecule has 0 unspecified atom stereocenters. The number of hydrogen-bond acceptors (Lipinski definition) is 8. The summed E-state index contributed by atoms with van der Waals surface area (Å²) in [6.07, 6.45) is 0. The minimum atomic E-state index is -1.19. The van der Waals surface area contributed by atoms with Gasteiger partial charge in [-0.25, -0.2) is 4.98 Å². The van der Waals surface area contributed by atoms with Gasteiger partial charge in [0.2, 0.25) is 11.9 Å². The first kappa shape index (κ1) is 24.3. The lowest BCUT2D eigenvalue weighted by molar-refractivity contribution is -0.153. The van der Waals surface area contributed by atoms with E-state index in [0.717, 1.165) is 5.52 Å². The number of aromatic nitrogens is 2. The summed E-state index contributed by atoms with van der Waals surface area (Å²) in [7, 11) is 6.12. The zero-order valence-corrected chi connectivity index (χ0v) is 20.4. The monoisotopic (exact) mass is 483 g/mol. The number of rotatable bonds is 9. The van der Waals surface area contributed by atoms with Gasteiger partial charge < -0.3 is 28.3 Å². The number of hydrogen-bond donors (Lipinski definition) is 0. The molecule has 0 radical (unpaired) electrons. The van der Waals surface area contributed by atoms with E-state index in [-0.39, 0.29) is 19.8 Å². The van der Waals surface area contributed by atoms with Crippen molar-refractivity contribution in [2.45, 2.75) is 13.0 Å². The maximum absolute atomic E-state index is 13.9. The average Bonchev–Trinajstić information content (AvgIpc) is 3.26. The van der Waals surface area contributed by atoms with E-state index >= 15 is 0 Å². The lowest BCUT2D eigenvalue weighted by atomic mass is 9.88. The zero-order chi connectivity index (χ0) is 25.1. The molecule has 0 N–H and O–H groups in total. The van der Waals surface area contributed by atoms with Crippen LogP contribution < -0.4 is 19.1 Å². The maximum Gasteiger partial charge on any atom is 0.321 e. The number of amides is 1. The number of imidazole rings is 1. The molecule has 0 spiro atoms. The van der Waals surface area contributed by atoms with Gasteiger partial charge >= 0.3 is 5.97 Å². The fraction of sp³-hybridized carbons (Fsp3) is 0.400. The molecule has 0 bridgehead atoms. The summed E-state index contributed by atoms with van der Waals surface area (Å²) in [6.45, 7) is 2.34. The van der Waals surface area contributed by atoms with Gasteiger partial charge in [0.15, 0.2) is 17.4 Å². The van der Waals surface area contributed by atoms with Crippen molar-refractivity contribution in [2.24, 2.45) is 5.92 Å². The second-order valence-electron chi connectivity index (χ2n) is 7.88. The van der Waals surface area contributed by atoms with Gasteiger partial charge in [0.05, 0.1) is 58.2 Å². The molecule has 3 aromatic rings. The van der Waals surface area contributed by atoms with Gasteiger partial charge in [0.1, 0.15) is 5.75 Å². The summed E-state index contributed by atoms with van der Waals surface area (Å²) in [5.41, 5.74) is 2.01. The number of benzene rings is 2. The van der Waals surface area contributed by atoms with Gasteiger partial charge in [0.25, 0.3) is 0 Å². The number of para-hydroxylation sites is 2. The van der Waals surface area contributed by atoms with E-state index in [0.29, 0.717) is 34.3 Å². The fourth-order valence-electron chi connectivity index (χ4n) is 4.50. The Morgan fingerprint density at radius 1 is 1.00 bits per heavy atom. The van der Waals surface area contributed by atoms with Crippen molar-refractivity contribution in [1.82, 2.24) is 9.55 Å². The fourth-order valence-corrected chi connectivity index (χ4v) is 4.50. The highest BCUT2D eigenvalue weighted by Gasteiger charge is 2.49. The molecular weight excluding hydrogens is 454 g/mol. The molecule has 2 heterocycles. The first-order valence-electron chi connectivity index (χ1n) is 11.2. The maximum atomic E-state index is 13.9. The lowest BCUT2D eigenvalue weighted by Gasteiger charge is -2.38. The van der Waals surface area contributed by atoms with Gasteiger partial charge in [-0.1, -0.05) is 12.1 Å². The normalized spacial score (nSPS) is 17.3. The third-order valence-electron chi connectivity index (χ3n) is 6.06. The highest BCUT2D eigenvalue weighted by Crippen LogP contribution is 2.46. The molecule has 0 saturated carbocycles. The van der Waals surface area contributed by atoms with E-state index in [9.17, 15) is 9.59 Å². The molecule has 0 saturated heterocycles. The molecule has 1 amide bonds. The van der Waals surface area contributed by atoms with Crippen LogP contribution in [-0.2, 0) is 19.1 Å². The summed E-state index contributed by atoms with van der Waals surface area (Å²) < 4.78 is 29.2. The van der Waals surface area contributed by atoms with Crippen LogP contribution in [0.15, 0.2) is 36.4 Å². The first-order chi connectivity index (χ1) is 17.0. The van der Waals surface area contributed by atoms with Crippen molar-refractivity contribution in [2.75, 3.05) is 53.1 Å². The van der Waals surface area contributed by atoms with Crippen LogP contribution in [0.25, 0.3) is 11.0 Å². The van der Waals surface area contributed by atoms with Crippen molar-refractivity contribution in [3.8, 4) is 17.2 Å². The number of carbonyl (C=O) groups excluding carboxylic acids is 2. The predicted octanol–water partition coefficient (Wildman–Crippen LogP) is 2.82. The van der Waals surface area contributed by atoms with Crippen LogP contribution in [0.1, 0.15) is 18.5 Å². The van der Waals surface area contributed by atoms with E-state index < -0.39 is 23.8 Å². The Morgan fingerprint density at radius 3 is 2.34 bits per heavy atom. The van der Waals surface area contributed by atoms with Crippen molar-refractivity contribution in [3.05, 3.63) is 42.0 Å². The number of methoxy groups -OCH3 is 4. The van der Waals surface area contributed by atoms with Crippen LogP contribution in [0.2, 0.25) is 0 Å². The number of esters is 1. The quantitative estimate of drug-likeness (QED) is 0.338. The zero-order valence-electron chi connectivity index (χ0n) is 20.4. The molecule has 0 fully saturated rings. The molecule has 10 nitrogen and oxygen atoms in total. The van der Waals surface area contributed by atoms with Crippen molar-refractivity contribution < 1.29 is 33.3 Å². The molecule has 10 heteroatoms. The van der Waals surface area contributed by atoms with E-state index in [2.05, 4.69) is 0 Å². The van der Waals surface area contributed by atoms with E-state index in [4.69, 9.17) is 28.7 Å². The van der Waals surface area contributed by atoms with Crippen molar-refractivity contribution >= 4 is 28.9 Å². The Balaban J connectivity index is 2.05. The predicted molar refractivity (Wildman–Crippen MR) is 128 cm³/mol. The average molecular weight is 484 g/mol. The Labute approximate surface area is 203 Å². The standard InChI is InChI=1S/C25H29N3O7/c1-6-35-24(30)21-22(15-13-19(33-4)20(34-5)14-18(15)32-3)28-17-10-8-7-9-16(17)26-25(28)27(23(21)29)11-12-31-2/h7-10,13-14,21-22H,6,11-12H2,1-5H3/t21-,22-/m0/s1. The minimum absolute atomic E-state index is 0.133. The second-order valence-corrected chi connectivity index (χ2v) is 7.88. The summed E-state index contributed by atoms with van der Waals surface area (Å²) >= 11 is 0. The number of anilines is 1. The first-order valence-corrected chi connectivity index (χ1v) is 11.2. The SMILES string of the molecule is CCOC(=O)[C@@H]1C(=O)N(CCOC)c2nc3ccccc3n2[C@H]1c1cc(OC)c(OC)cc1OC. The second kappa shape index (κ2) is 10.2. The van der Waals surface area contributed by atoms with Crippen LogP contribution in [0, 0.1) is 5.92 Å². The molecule has 1 aliphatic rings. The van der Waals surface area contributed by atoms with Crippen molar-refractivity contribution in [3.63, 3.8) is 0 Å². The van der Waals surface area contributed by atoms with Gasteiger partial charge in [-0.2, -0.15) is 0 Å². The van der Waals surface area contributed by atoms with E-state index in [1.165, 1.54) is 26.2 Å². The summed E-state index contributed by atoms with van der Waals surface area (Å²) in [5, 5.41) is 0. The largest absolute Gasteiger partial charge is 0.496 e. The van der Waals surface area contributed by atoms with Gasteiger partial charge in [0, 0.05) is 18.7 Å². The minimum Gasteiger partial charge on any atom is -0.496 e. The number of nitrogens with zero attached hydrogens (tertiary/aromatic N) is 3. The van der Waals surface area contributed by atoms with Crippen molar-refractivity contribution in [1.29, 1.82) is 0 Å². The van der Waals surface area contributed by atoms with Crippen LogP contribution in [-0.4, -0.2) is 69.6 Å². The Hall–Kier alpha value is -3.79. The van der Waals surface area contributed by atoms with Crippen LogP contribution in [0.4, 0.5) is 5.95 Å². The Morgan fingerprint density at radius 2 is 1.69 bits per heavy atom. The van der Waals surface area contributed by atoms with Crippen LogP contribution >= 0.6 is 0 Å². The molecule has 1 aliphatic heterocycles. The van der Waals surface area contributed by atoms with E-state index in [1.54, 1.807) is 26.2 Å². The Kier molecular flexibility index (Phi) is 7.11. The highest BCUT2D eigenvalue weighted by atomic mass is 16.5. The third kappa shape index (κ3) is 4.14. The number of ether oxygens (including phenoxy) is 5. The molecule has 0 aliphatic carbocycles. The molecule has 35 heavy (non-hydrogen) atoms. The summed E-state index contributed by atoms with van der Waals surface area (Å²) in [4.78, 5) is 33.4. The third-order valence-corrected chi connectivity index (χ3v) is 6.06. The molecule has 1 aromatic heterocycles. The van der Waals surface area contributed by atoms with Gasteiger partial charge in [-0.15, -0.1) is 0 Å². The highest BCUT2D eigenvalue weighted by molar-refractivity contribution is 6.08. The number of fused-ring (bicyclic) bond motifs is 3. The molecular formula is C25H29N3O7. The Bertz CT molecular complexity index is 1240. The molecule has 186 valence electrons. The summed E-state index contributed by atoms with van der Waals surface area (Å²) in [5.74, 6) is -0.509. The van der Waals surface area contributed by atoms with Crippen LogP contribution in [0.5, 0.6) is 17.2 Å². The topological polar surface area (TPSA) is 101 Å². The van der Waals surface area contributed by atoms with E-state index in [1.807, 2.05) is 28.8 Å².